The molecule has 64 valence electrons. The molecular weight excluding hydrogens is 176 g/mol. The number of hydrogen-bond donors (Lipinski definition) is 2. The zero-order valence-corrected chi connectivity index (χ0v) is 7.35. The van der Waals surface area contributed by atoms with E-state index in [4.69, 9.17) is 17.3 Å². The van der Waals surface area contributed by atoms with Gasteiger partial charge >= 0.3 is 6.03 Å². The number of rotatable bonds is 1. The van der Waals surface area contributed by atoms with Crippen LogP contribution in [0, 0.1) is 6.92 Å². The van der Waals surface area contributed by atoms with Crippen molar-refractivity contribution in [3.63, 3.8) is 0 Å². The minimum absolute atomic E-state index is 0.588. The van der Waals surface area contributed by atoms with Crippen molar-refractivity contribution in [1.29, 1.82) is 0 Å². The van der Waals surface area contributed by atoms with Crippen LogP contribution in [0.15, 0.2) is 18.2 Å². The van der Waals surface area contributed by atoms with Gasteiger partial charge in [-0.2, -0.15) is 0 Å². The fourth-order valence-electron chi connectivity index (χ4n) is 0.813. The highest BCUT2D eigenvalue weighted by Crippen LogP contribution is 2.19. The molecule has 0 bridgehead atoms. The van der Waals surface area contributed by atoms with Crippen LogP contribution in [-0.4, -0.2) is 6.03 Å². The van der Waals surface area contributed by atoms with E-state index < -0.39 is 6.03 Å². The van der Waals surface area contributed by atoms with Gasteiger partial charge < -0.3 is 11.1 Å². The van der Waals surface area contributed by atoms with Crippen molar-refractivity contribution in [1.82, 2.24) is 0 Å². The average Bonchev–Trinajstić information content (AvgIpc) is 1.96. The van der Waals surface area contributed by atoms with E-state index in [0.29, 0.717) is 10.7 Å². The summed E-state index contributed by atoms with van der Waals surface area (Å²) >= 11 is 5.81. The minimum Gasteiger partial charge on any atom is -0.351 e. The second-order valence-electron chi connectivity index (χ2n) is 2.45. The summed E-state index contributed by atoms with van der Waals surface area (Å²) in [7, 11) is 0. The first-order chi connectivity index (χ1) is 5.59. The number of anilines is 1. The van der Waals surface area contributed by atoms with Gasteiger partial charge in [-0.1, -0.05) is 17.7 Å². The van der Waals surface area contributed by atoms with Crippen molar-refractivity contribution in [3.8, 4) is 0 Å². The van der Waals surface area contributed by atoms with Gasteiger partial charge in [-0.3, -0.25) is 0 Å². The SMILES string of the molecule is Cc1ccc(NC(N)=O)cc1Cl. The standard InChI is InChI=1S/C8H9ClN2O/c1-5-2-3-6(4-7(5)9)11-8(10)12/h2-4H,1H3,(H3,10,11,12). The van der Waals surface area contributed by atoms with Crippen LogP contribution < -0.4 is 11.1 Å². The van der Waals surface area contributed by atoms with Crippen LogP contribution >= 0.6 is 11.6 Å². The predicted octanol–water partition coefficient (Wildman–Crippen LogP) is 2.14. The molecule has 3 nitrogen and oxygen atoms in total. The Morgan fingerprint density at radius 2 is 2.25 bits per heavy atom. The van der Waals surface area contributed by atoms with E-state index in [1.807, 2.05) is 13.0 Å². The smallest absolute Gasteiger partial charge is 0.316 e. The van der Waals surface area contributed by atoms with Gasteiger partial charge in [-0.25, -0.2) is 4.79 Å². The minimum atomic E-state index is -0.588. The maximum atomic E-state index is 10.4. The molecule has 2 amide bonds. The van der Waals surface area contributed by atoms with Crippen LogP contribution in [0.2, 0.25) is 5.02 Å². The summed E-state index contributed by atoms with van der Waals surface area (Å²) in [4.78, 5) is 10.4. The molecule has 0 aliphatic heterocycles. The Morgan fingerprint density at radius 3 is 2.75 bits per heavy atom. The van der Waals surface area contributed by atoms with Crippen LogP contribution in [0.25, 0.3) is 0 Å². The number of amides is 2. The van der Waals surface area contributed by atoms with Crippen molar-refractivity contribution in [2.24, 2.45) is 5.73 Å². The molecule has 0 saturated carbocycles. The zero-order valence-electron chi connectivity index (χ0n) is 6.60. The maximum absolute atomic E-state index is 10.4. The molecule has 0 spiro atoms. The van der Waals surface area contributed by atoms with E-state index in [1.54, 1.807) is 12.1 Å². The molecule has 0 aromatic heterocycles. The summed E-state index contributed by atoms with van der Waals surface area (Å²) in [5.41, 5.74) is 6.49. The quantitative estimate of drug-likeness (QED) is 0.690. The second-order valence-corrected chi connectivity index (χ2v) is 2.86. The van der Waals surface area contributed by atoms with E-state index in [0.717, 1.165) is 5.56 Å². The van der Waals surface area contributed by atoms with Gasteiger partial charge in [0, 0.05) is 10.7 Å². The number of carbonyl (C=O) groups excluding carboxylic acids is 1. The van der Waals surface area contributed by atoms with Crippen molar-refractivity contribution < 1.29 is 4.79 Å². The van der Waals surface area contributed by atoms with Gasteiger partial charge in [-0.05, 0) is 24.6 Å². The van der Waals surface area contributed by atoms with Crippen molar-refractivity contribution in [2.45, 2.75) is 6.92 Å². The van der Waals surface area contributed by atoms with Gasteiger partial charge in [0.25, 0.3) is 0 Å². The van der Waals surface area contributed by atoms with Crippen LogP contribution in [0.4, 0.5) is 10.5 Å². The molecule has 0 aliphatic carbocycles. The topological polar surface area (TPSA) is 55.1 Å². The molecule has 4 heteroatoms. The van der Waals surface area contributed by atoms with E-state index in [9.17, 15) is 4.79 Å². The summed E-state index contributed by atoms with van der Waals surface area (Å²) in [6.45, 7) is 1.89. The fourth-order valence-corrected chi connectivity index (χ4v) is 0.993. The summed E-state index contributed by atoms with van der Waals surface area (Å²) < 4.78 is 0. The normalized spacial score (nSPS) is 9.50. The molecule has 1 aromatic carbocycles. The number of halogens is 1. The Hall–Kier alpha value is -1.22. The number of nitrogens with one attached hydrogen (secondary N) is 1. The molecule has 0 unspecified atom stereocenters. The molecule has 0 fully saturated rings. The monoisotopic (exact) mass is 184 g/mol. The van der Waals surface area contributed by atoms with E-state index in [-0.39, 0.29) is 0 Å². The lowest BCUT2D eigenvalue weighted by molar-refractivity contribution is 0.259. The molecular formula is C8H9ClN2O. The lowest BCUT2D eigenvalue weighted by Crippen LogP contribution is -2.19. The number of aryl methyl sites for hydroxylation is 1. The highest BCUT2D eigenvalue weighted by atomic mass is 35.5. The third-order valence-electron chi connectivity index (χ3n) is 1.44. The summed E-state index contributed by atoms with van der Waals surface area (Å²) in [5.74, 6) is 0. The van der Waals surface area contributed by atoms with E-state index >= 15 is 0 Å². The predicted molar refractivity (Wildman–Crippen MR) is 49.4 cm³/mol. The molecule has 12 heavy (non-hydrogen) atoms. The Labute approximate surface area is 75.5 Å². The van der Waals surface area contributed by atoms with Crippen molar-refractivity contribution in [2.75, 3.05) is 5.32 Å². The third kappa shape index (κ3) is 2.13. The Bertz CT molecular complexity index is 312. The van der Waals surface area contributed by atoms with Gasteiger partial charge in [-0.15, -0.1) is 0 Å². The molecule has 0 saturated heterocycles. The lowest BCUT2D eigenvalue weighted by atomic mass is 10.2. The number of hydrogen-bond acceptors (Lipinski definition) is 1. The number of urea groups is 1. The maximum Gasteiger partial charge on any atom is 0.316 e. The van der Waals surface area contributed by atoms with Crippen molar-refractivity contribution >= 4 is 23.3 Å². The summed E-state index contributed by atoms with van der Waals surface area (Å²) in [6.07, 6.45) is 0. The zero-order chi connectivity index (χ0) is 9.14. The van der Waals surface area contributed by atoms with Crippen LogP contribution in [0.3, 0.4) is 0 Å². The molecule has 1 rings (SSSR count). The lowest BCUT2D eigenvalue weighted by Gasteiger charge is -2.03. The van der Waals surface area contributed by atoms with Crippen LogP contribution in [0.1, 0.15) is 5.56 Å². The molecule has 0 aliphatic rings. The first-order valence-corrected chi connectivity index (χ1v) is 3.80. The number of carbonyl (C=O) groups is 1. The van der Waals surface area contributed by atoms with Crippen LogP contribution in [0.5, 0.6) is 0 Å². The first-order valence-electron chi connectivity index (χ1n) is 3.42. The number of nitrogens with two attached hydrogens (primary N) is 1. The van der Waals surface area contributed by atoms with E-state index in [1.165, 1.54) is 0 Å². The van der Waals surface area contributed by atoms with E-state index in [2.05, 4.69) is 5.32 Å². The Morgan fingerprint density at radius 1 is 1.58 bits per heavy atom. The number of benzene rings is 1. The summed E-state index contributed by atoms with van der Waals surface area (Å²) in [5, 5.41) is 3.04. The van der Waals surface area contributed by atoms with Crippen LogP contribution in [-0.2, 0) is 0 Å². The molecule has 0 heterocycles. The first kappa shape index (κ1) is 8.87. The fraction of sp³-hybridized carbons (Fsp3) is 0.125. The van der Waals surface area contributed by atoms with Gasteiger partial charge in [0.2, 0.25) is 0 Å². The largest absolute Gasteiger partial charge is 0.351 e. The second kappa shape index (κ2) is 3.45. The Kier molecular flexibility index (Phi) is 2.55. The highest BCUT2D eigenvalue weighted by molar-refractivity contribution is 6.31. The number of primary amides is 1. The molecule has 1 aromatic rings. The van der Waals surface area contributed by atoms with Crippen molar-refractivity contribution in [3.05, 3.63) is 28.8 Å². The van der Waals surface area contributed by atoms with Gasteiger partial charge in [0.05, 0.1) is 0 Å². The molecule has 0 atom stereocenters. The summed E-state index contributed by atoms with van der Waals surface area (Å²) in [6, 6.07) is 4.62. The third-order valence-corrected chi connectivity index (χ3v) is 1.85. The average molecular weight is 185 g/mol. The van der Waals surface area contributed by atoms with Gasteiger partial charge in [0.15, 0.2) is 0 Å². The molecule has 0 radical (unpaired) electrons. The Balaban J connectivity index is 2.89. The highest BCUT2D eigenvalue weighted by Gasteiger charge is 1.98. The van der Waals surface area contributed by atoms with Gasteiger partial charge in [0.1, 0.15) is 0 Å². The molecule has 3 N–H and O–H groups in total.